The summed E-state index contributed by atoms with van der Waals surface area (Å²) in [4.78, 5) is 11.0. The summed E-state index contributed by atoms with van der Waals surface area (Å²) in [6, 6.07) is 1.11. The molecule has 1 heterocycles. The van der Waals surface area contributed by atoms with E-state index in [2.05, 4.69) is 5.32 Å². The molecule has 1 saturated heterocycles. The van der Waals surface area contributed by atoms with E-state index in [0.717, 1.165) is 0 Å². The van der Waals surface area contributed by atoms with Gasteiger partial charge in [0.1, 0.15) is 6.42 Å². The van der Waals surface area contributed by atoms with E-state index in [1.54, 1.807) is 6.07 Å². The zero-order valence-electron chi connectivity index (χ0n) is 7.23. The molecule has 0 bridgehead atoms. The molecule has 78 valence electrons. The molecule has 2 unspecified atom stereocenters. The van der Waals surface area contributed by atoms with Crippen LogP contribution in [-0.4, -0.2) is 37.2 Å². The minimum absolute atomic E-state index is 0.119. The van der Waals surface area contributed by atoms with Crippen molar-refractivity contribution in [1.82, 2.24) is 5.32 Å². The van der Waals surface area contributed by atoms with Crippen molar-refractivity contribution < 1.29 is 13.2 Å². The number of carbonyl (C=O) groups excluding carboxylic acids is 1. The van der Waals surface area contributed by atoms with E-state index in [-0.39, 0.29) is 17.9 Å². The van der Waals surface area contributed by atoms with Crippen molar-refractivity contribution in [3.8, 4) is 6.07 Å². The van der Waals surface area contributed by atoms with Crippen LogP contribution in [0.4, 0.5) is 0 Å². The van der Waals surface area contributed by atoms with Crippen molar-refractivity contribution in [3.05, 3.63) is 0 Å². The van der Waals surface area contributed by atoms with Gasteiger partial charge in [0, 0.05) is 0 Å². The molecule has 1 amide bonds. The number of sulfone groups is 1. The minimum atomic E-state index is -3.13. The first kappa shape index (κ1) is 11.3. The van der Waals surface area contributed by atoms with E-state index in [9.17, 15) is 13.2 Å². The van der Waals surface area contributed by atoms with Crippen LogP contribution in [0, 0.1) is 11.3 Å². The third kappa shape index (κ3) is 2.86. The fraction of sp³-hybridized carbons (Fsp3) is 0.714. The maximum Gasteiger partial charge on any atom is 0.234 e. The van der Waals surface area contributed by atoms with Crippen molar-refractivity contribution in [2.75, 3.05) is 11.5 Å². The molecule has 0 aliphatic carbocycles. The number of hydrogen-bond donors (Lipinski definition) is 1. The first-order valence-corrected chi connectivity index (χ1v) is 6.21. The van der Waals surface area contributed by atoms with Crippen molar-refractivity contribution >= 4 is 27.3 Å². The first-order valence-electron chi connectivity index (χ1n) is 3.95. The quantitative estimate of drug-likeness (QED) is 0.650. The topological polar surface area (TPSA) is 87.0 Å². The Kier molecular flexibility index (Phi) is 3.34. The summed E-state index contributed by atoms with van der Waals surface area (Å²) in [6.45, 7) is 0. The minimum Gasteiger partial charge on any atom is -0.350 e. The van der Waals surface area contributed by atoms with Gasteiger partial charge in [0.05, 0.1) is 29.0 Å². The average Bonchev–Trinajstić information content (AvgIpc) is 2.25. The normalized spacial score (nSPS) is 29.4. The molecule has 2 atom stereocenters. The summed E-state index contributed by atoms with van der Waals surface area (Å²) in [7, 11) is -3.13. The lowest BCUT2D eigenvalue weighted by molar-refractivity contribution is -0.120. The molecule has 1 aliphatic heterocycles. The average molecular weight is 237 g/mol. The SMILES string of the molecule is N#CCC(=O)NC1CS(=O)(=O)CC1Cl. The molecule has 0 aromatic rings. The van der Waals surface area contributed by atoms with E-state index in [1.807, 2.05) is 0 Å². The Morgan fingerprint density at radius 3 is 2.64 bits per heavy atom. The zero-order valence-corrected chi connectivity index (χ0v) is 8.81. The number of nitrogens with one attached hydrogen (secondary N) is 1. The van der Waals surface area contributed by atoms with Crippen LogP contribution in [0.5, 0.6) is 0 Å². The van der Waals surface area contributed by atoms with Crippen LogP contribution in [0.15, 0.2) is 0 Å². The van der Waals surface area contributed by atoms with E-state index in [4.69, 9.17) is 16.9 Å². The van der Waals surface area contributed by atoms with Crippen molar-refractivity contribution in [1.29, 1.82) is 5.26 Å². The van der Waals surface area contributed by atoms with Crippen LogP contribution in [0.3, 0.4) is 0 Å². The van der Waals surface area contributed by atoms with Gasteiger partial charge in [-0.3, -0.25) is 4.79 Å². The largest absolute Gasteiger partial charge is 0.350 e. The molecule has 5 nitrogen and oxygen atoms in total. The lowest BCUT2D eigenvalue weighted by Crippen LogP contribution is -2.40. The smallest absolute Gasteiger partial charge is 0.234 e. The van der Waals surface area contributed by atoms with Gasteiger partial charge >= 0.3 is 0 Å². The number of nitriles is 1. The maximum atomic E-state index is 11.1. The predicted molar refractivity (Wildman–Crippen MR) is 50.5 cm³/mol. The number of amides is 1. The van der Waals surface area contributed by atoms with Gasteiger partial charge < -0.3 is 5.32 Å². The number of rotatable bonds is 2. The van der Waals surface area contributed by atoms with Crippen LogP contribution >= 0.6 is 11.6 Å². The molecule has 1 aliphatic rings. The maximum absolute atomic E-state index is 11.1. The van der Waals surface area contributed by atoms with E-state index >= 15 is 0 Å². The Labute approximate surface area is 87.0 Å². The Morgan fingerprint density at radius 1 is 1.57 bits per heavy atom. The molecule has 0 spiro atoms. The molecular weight excluding hydrogens is 228 g/mol. The second-order valence-electron chi connectivity index (χ2n) is 3.10. The van der Waals surface area contributed by atoms with E-state index in [1.165, 1.54) is 0 Å². The summed E-state index contributed by atoms with van der Waals surface area (Å²) in [5.74, 6) is -0.745. The molecule has 0 aromatic carbocycles. The zero-order chi connectivity index (χ0) is 10.8. The van der Waals surface area contributed by atoms with Crippen LogP contribution < -0.4 is 5.32 Å². The van der Waals surface area contributed by atoms with E-state index < -0.39 is 27.2 Å². The standard InChI is InChI=1S/C7H9ClN2O3S/c8-5-3-14(12,13)4-6(5)10-7(11)1-2-9/h5-6H,1,3-4H2,(H,10,11). The number of hydrogen-bond acceptors (Lipinski definition) is 4. The summed E-state index contributed by atoms with van der Waals surface area (Å²) < 4.78 is 22.2. The highest BCUT2D eigenvalue weighted by Crippen LogP contribution is 2.17. The molecule has 1 rings (SSSR count). The third-order valence-corrected chi connectivity index (χ3v) is 4.24. The monoisotopic (exact) mass is 236 g/mol. The van der Waals surface area contributed by atoms with Gasteiger partial charge in [-0.25, -0.2) is 8.42 Å². The summed E-state index contributed by atoms with van der Waals surface area (Å²) in [5, 5.41) is 10.0. The van der Waals surface area contributed by atoms with Gasteiger partial charge in [-0.05, 0) is 0 Å². The second-order valence-corrected chi connectivity index (χ2v) is 5.82. The van der Waals surface area contributed by atoms with Crippen molar-refractivity contribution in [2.45, 2.75) is 17.8 Å². The summed E-state index contributed by atoms with van der Waals surface area (Å²) in [6.07, 6.45) is -0.278. The van der Waals surface area contributed by atoms with Crippen LogP contribution in [0.1, 0.15) is 6.42 Å². The van der Waals surface area contributed by atoms with Gasteiger partial charge in [-0.15, -0.1) is 11.6 Å². The lowest BCUT2D eigenvalue weighted by atomic mass is 10.2. The molecule has 0 aromatic heterocycles. The molecule has 7 heteroatoms. The van der Waals surface area contributed by atoms with Gasteiger partial charge in [-0.2, -0.15) is 5.26 Å². The van der Waals surface area contributed by atoms with Gasteiger partial charge in [0.15, 0.2) is 9.84 Å². The van der Waals surface area contributed by atoms with Crippen LogP contribution in [-0.2, 0) is 14.6 Å². The Morgan fingerprint density at radius 2 is 2.21 bits per heavy atom. The number of nitrogens with zero attached hydrogens (tertiary/aromatic N) is 1. The van der Waals surface area contributed by atoms with Gasteiger partial charge in [-0.1, -0.05) is 0 Å². The van der Waals surface area contributed by atoms with Crippen LogP contribution in [0.2, 0.25) is 0 Å². The van der Waals surface area contributed by atoms with Crippen LogP contribution in [0.25, 0.3) is 0 Å². The highest BCUT2D eigenvalue weighted by molar-refractivity contribution is 7.91. The second kappa shape index (κ2) is 4.15. The number of halogens is 1. The first-order chi connectivity index (χ1) is 6.44. The fourth-order valence-corrected chi connectivity index (χ4v) is 3.82. The van der Waals surface area contributed by atoms with Gasteiger partial charge in [0.25, 0.3) is 0 Å². The third-order valence-electron chi connectivity index (χ3n) is 1.87. The van der Waals surface area contributed by atoms with Crippen molar-refractivity contribution in [3.63, 3.8) is 0 Å². The predicted octanol–water partition coefficient (Wildman–Crippen LogP) is -0.579. The number of alkyl halides is 1. The highest BCUT2D eigenvalue weighted by atomic mass is 35.5. The lowest BCUT2D eigenvalue weighted by Gasteiger charge is -2.12. The Hall–Kier alpha value is -0.800. The number of carbonyl (C=O) groups is 1. The van der Waals surface area contributed by atoms with Gasteiger partial charge in [0.2, 0.25) is 5.91 Å². The molecule has 0 saturated carbocycles. The molecule has 0 radical (unpaired) electrons. The highest BCUT2D eigenvalue weighted by Gasteiger charge is 2.37. The molecule has 14 heavy (non-hydrogen) atoms. The molecular formula is C7H9ClN2O3S. The Balaban J connectivity index is 2.56. The summed E-state index contributed by atoms with van der Waals surface area (Å²) in [5.41, 5.74) is 0. The van der Waals surface area contributed by atoms with E-state index in [0.29, 0.717) is 0 Å². The molecule has 1 fully saturated rings. The summed E-state index contributed by atoms with van der Waals surface area (Å²) >= 11 is 5.73. The molecule has 1 N–H and O–H groups in total. The fourth-order valence-electron chi connectivity index (χ4n) is 1.27. The Bertz CT molecular complexity index is 373. The van der Waals surface area contributed by atoms with Crippen molar-refractivity contribution in [2.24, 2.45) is 0 Å².